The fourth-order valence-electron chi connectivity index (χ4n) is 1.53. The van der Waals surface area contributed by atoms with Gasteiger partial charge in [-0.05, 0) is 25.0 Å². The normalized spacial score (nSPS) is 15.9. The van der Waals surface area contributed by atoms with Crippen molar-refractivity contribution < 1.29 is 9.53 Å². The van der Waals surface area contributed by atoms with Gasteiger partial charge in [-0.2, -0.15) is 0 Å². The lowest BCUT2D eigenvalue weighted by Gasteiger charge is -2.03. The minimum absolute atomic E-state index is 0.588. The Hall–Kier alpha value is -1.77. The van der Waals surface area contributed by atoms with Crippen molar-refractivity contribution in [1.29, 1.82) is 0 Å². The molecular weight excluding hydrogens is 202 g/mol. The summed E-state index contributed by atoms with van der Waals surface area (Å²) in [5.41, 5.74) is 0.605. The molecule has 1 aromatic rings. The van der Waals surface area contributed by atoms with Gasteiger partial charge >= 0.3 is 0 Å². The van der Waals surface area contributed by atoms with E-state index >= 15 is 0 Å². The van der Waals surface area contributed by atoms with Crippen molar-refractivity contribution in [3.05, 3.63) is 28.1 Å². The van der Waals surface area contributed by atoms with E-state index in [0.29, 0.717) is 17.4 Å². The third-order valence-corrected chi connectivity index (χ3v) is 2.67. The predicted octanol–water partition coefficient (Wildman–Crippen LogP) is 0.408. The number of rotatable bonds is 4. The van der Waals surface area contributed by atoms with E-state index in [9.17, 15) is 4.79 Å². The van der Waals surface area contributed by atoms with Crippen LogP contribution in [-0.2, 0) is 0 Å². The number of hydrogen-bond donors (Lipinski definition) is 1. The lowest BCUT2D eigenvalue weighted by Crippen LogP contribution is -2.28. The van der Waals surface area contributed by atoms with Gasteiger partial charge in [0.2, 0.25) is 0 Å². The number of carbonyl (C=O) groups is 1. The SMILES string of the molecule is C=c1c(OC)cc(C=O)c/c1=C/NC1CC1. The van der Waals surface area contributed by atoms with E-state index in [1.165, 1.54) is 12.8 Å². The molecule has 1 fully saturated rings. The van der Waals surface area contributed by atoms with Gasteiger partial charge in [-0.15, -0.1) is 0 Å². The highest BCUT2D eigenvalue weighted by Crippen LogP contribution is 2.18. The maximum Gasteiger partial charge on any atom is 0.150 e. The molecule has 0 radical (unpaired) electrons. The molecule has 84 valence electrons. The van der Waals surface area contributed by atoms with Gasteiger partial charge in [-0.25, -0.2) is 0 Å². The van der Waals surface area contributed by atoms with Crippen molar-refractivity contribution in [3.8, 4) is 5.75 Å². The van der Waals surface area contributed by atoms with Gasteiger partial charge in [-0.3, -0.25) is 4.79 Å². The maximum absolute atomic E-state index is 10.8. The lowest BCUT2D eigenvalue weighted by molar-refractivity contribution is 0.112. The molecule has 0 amide bonds. The molecule has 2 rings (SSSR count). The standard InChI is InChI=1S/C13H15NO2/c1-9-11(7-14-12-3-4-12)5-10(8-15)6-13(9)16-2/h5-8,12,14H,1,3-4H2,2H3/b11-7-. The van der Waals surface area contributed by atoms with Gasteiger partial charge in [0, 0.05) is 28.2 Å². The Morgan fingerprint density at radius 1 is 1.50 bits per heavy atom. The highest BCUT2D eigenvalue weighted by atomic mass is 16.5. The molecule has 0 atom stereocenters. The number of benzene rings is 1. The second-order valence-electron chi connectivity index (χ2n) is 3.99. The Bertz CT molecular complexity index is 503. The van der Waals surface area contributed by atoms with E-state index in [0.717, 1.165) is 16.7 Å². The summed E-state index contributed by atoms with van der Waals surface area (Å²) in [4.78, 5) is 10.8. The monoisotopic (exact) mass is 217 g/mol. The minimum Gasteiger partial charge on any atom is -0.496 e. The van der Waals surface area contributed by atoms with E-state index in [4.69, 9.17) is 4.74 Å². The van der Waals surface area contributed by atoms with E-state index in [1.54, 1.807) is 13.2 Å². The zero-order valence-electron chi connectivity index (χ0n) is 9.32. The number of nitrogens with one attached hydrogen (secondary N) is 1. The molecule has 0 unspecified atom stereocenters. The zero-order valence-corrected chi connectivity index (χ0v) is 9.32. The van der Waals surface area contributed by atoms with Crippen LogP contribution in [0.1, 0.15) is 23.2 Å². The molecular formula is C13H15NO2. The lowest BCUT2D eigenvalue weighted by atomic mass is 10.1. The molecule has 0 spiro atoms. The number of ether oxygens (including phenoxy) is 1. The van der Waals surface area contributed by atoms with Crippen molar-refractivity contribution >= 4 is 19.1 Å². The first-order chi connectivity index (χ1) is 7.74. The molecule has 16 heavy (non-hydrogen) atoms. The molecule has 1 aromatic carbocycles. The summed E-state index contributed by atoms with van der Waals surface area (Å²) in [5, 5.41) is 5.00. The average Bonchev–Trinajstić information content (AvgIpc) is 3.11. The van der Waals surface area contributed by atoms with Crippen LogP contribution in [0, 0.1) is 0 Å². The van der Waals surface area contributed by atoms with Gasteiger partial charge in [-0.1, -0.05) is 6.58 Å². The molecule has 3 nitrogen and oxygen atoms in total. The highest BCUT2D eigenvalue weighted by Gasteiger charge is 2.18. The smallest absolute Gasteiger partial charge is 0.150 e. The summed E-state index contributed by atoms with van der Waals surface area (Å²) in [6.45, 7) is 3.95. The summed E-state index contributed by atoms with van der Waals surface area (Å²) in [6, 6.07) is 4.10. The van der Waals surface area contributed by atoms with Crippen LogP contribution in [0.2, 0.25) is 0 Å². The number of hydrogen-bond acceptors (Lipinski definition) is 3. The Kier molecular flexibility index (Phi) is 2.95. The van der Waals surface area contributed by atoms with Crippen LogP contribution in [0.3, 0.4) is 0 Å². The molecule has 1 aliphatic rings. The largest absolute Gasteiger partial charge is 0.496 e. The van der Waals surface area contributed by atoms with Crippen LogP contribution in [0.15, 0.2) is 12.1 Å². The van der Waals surface area contributed by atoms with Crippen molar-refractivity contribution in [2.75, 3.05) is 7.11 Å². The quantitative estimate of drug-likeness (QED) is 0.742. The third-order valence-electron chi connectivity index (χ3n) is 2.67. The summed E-state index contributed by atoms with van der Waals surface area (Å²) in [7, 11) is 1.58. The van der Waals surface area contributed by atoms with Crippen LogP contribution in [0.4, 0.5) is 0 Å². The number of carbonyl (C=O) groups excluding carboxylic acids is 1. The summed E-state index contributed by atoms with van der Waals surface area (Å²) in [6.07, 6.45) is 5.16. The molecule has 3 heteroatoms. The fourth-order valence-corrected chi connectivity index (χ4v) is 1.53. The van der Waals surface area contributed by atoms with Crippen LogP contribution in [-0.4, -0.2) is 19.4 Å². The topological polar surface area (TPSA) is 38.3 Å². The maximum atomic E-state index is 10.8. The van der Waals surface area contributed by atoms with E-state index in [2.05, 4.69) is 11.9 Å². The number of aldehydes is 1. The van der Waals surface area contributed by atoms with Gasteiger partial charge in [0.15, 0.2) is 0 Å². The molecule has 0 aliphatic heterocycles. The van der Waals surface area contributed by atoms with E-state index < -0.39 is 0 Å². The zero-order chi connectivity index (χ0) is 11.5. The first-order valence-electron chi connectivity index (χ1n) is 5.33. The predicted molar refractivity (Wildman–Crippen MR) is 63.8 cm³/mol. The second-order valence-corrected chi connectivity index (χ2v) is 3.99. The van der Waals surface area contributed by atoms with Crippen LogP contribution in [0.25, 0.3) is 12.8 Å². The molecule has 0 saturated heterocycles. The summed E-state index contributed by atoms with van der Waals surface area (Å²) >= 11 is 0. The average molecular weight is 217 g/mol. The van der Waals surface area contributed by atoms with Crippen molar-refractivity contribution in [2.45, 2.75) is 18.9 Å². The molecule has 1 aliphatic carbocycles. The van der Waals surface area contributed by atoms with E-state index in [1.807, 2.05) is 12.3 Å². The van der Waals surface area contributed by atoms with Crippen LogP contribution in [0.5, 0.6) is 5.75 Å². The van der Waals surface area contributed by atoms with Gasteiger partial charge in [0.1, 0.15) is 12.0 Å². The highest BCUT2D eigenvalue weighted by molar-refractivity contribution is 5.75. The Balaban J connectivity index is 2.44. The van der Waals surface area contributed by atoms with E-state index in [-0.39, 0.29) is 0 Å². The first kappa shape index (κ1) is 10.7. The molecule has 0 heterocycles. The van der Waals surface area contributed by atoms with Crippen molar-refractivity contribution in [1.82, 2.24) is 5.32 Å². The third kappa shape index (κ3) is 2.24. The van der Waals surface area contributed by atoms with Crippen LogP contribution >= 0.6 is 0 Å². The second kappa shape index (κ2) is 4.39. The van der Waals surface area contributed by atoms with Gasteiger partial charge in [0.05, 0.1) is 7.11 Å². The molecule has 1 saturated carbocycles. The fraction of sp³-hybridized carbons (Fsp3) is 0.308. The van der Waals surface area contributed by atoms with Crippen LogP contribution < -0.4 is 20.5 Å². The Morgan fingerprint density at radius 2 is 2.25 bits per heavy atom. The molecule has 0 aromatic heterocycles. The summed E-state index contributed by atoms with van der Waals surface area (Å²) < 4.78 is 5.18. The van der Waals surface area contributed by atoms with Crippen molar-refractivity contribution in [2.24, 2.45) is 0 Å². The Labute approximate surface area is 94.4 Å². The number of methoxy groups -OCH3 is 1. The van der Waals surface area contributed by atoms with Crippen molar-refractivity contribution in [3.63, 3.8) is 0 Å². The van der Waals surface area contributed by atoms with Gasteiger partial charge < -0.3 is 10.1 Å². The van der Waals surface area contributed by atoms with Gasteiger partial charge in [0.25, 0.3) is 0 Å². The Morgan fingerprint density at radius 3 is 2.81 bits per heavy atom. The first-order valence-corrected chi connectivity index (χ1v) is 5.33. The summed E-state index contributed by atoms with van der Waals surface area (Å²) in [5.74, 6) is 0.647. The molecule has 1 N–H and O–H groups in total. The minimum atomic E-state index is 0.588. The molecule has 0 bridgehead atoms.